The van der Waals surface area contributed by atoms with Crippen molar-refractivity contribution in [3.63, 3.8) is 0 Å². The predicted molar refractivity (Wildman–Crippen MR) is 79.3 cm³/mol. The second-order valence-corrected chi connectivity index (χ2v) is 6.09. The number of nitrogens with one attached hydrogen (secondary N) is 1. The molecule has 0 aromatic heterocycles. The molecule has 0 amide bonds. The van der Waals surface area contributed by atoms with Crippen molar-refractivity contribution < 1.29 is 8.42 Å². The number of nitriles is 1. The van der Waals surface area contributed by atoms with Crippen molar-refractivity contribution >= 4 is 15.7 Å². The fourth-order valence-corrected chi connectivity index (χ4v) is 2.80. The molecule has 20 heavy (non-hydrogen) atoms. The van der Waals surface area contributed by atoms with Gasteiger partial charge in [-0.05, 0) is 31.0 Å². The Bertz CT molecular complexity index is 679. The summed E-state index contributed by atoms with van der Waals surface area (Å²) in [6.45, 7) is 3.69. The monoisotopic (exact) mass is 291 g/mol. The minimum Gasteiger partial charge on any atom is -0.320 e. The minimum absolute atomic E-state index is 0.190. The number of nitrogens with two attached hydrogens (primary N) is 1. The van der Waals surface area contributed by atoms with Crippen LogP contribution >= 0.6 is 0 Å². The highest BCUT2D eigenvalue weighted by molar-refractivity contribution is 7.93. The Balaban J connectivity index is 3.21. The molecule has 0 saturated carbocycles. The first-order valence-electron chi connectivity index (χ1n) is 6.15. The van der Waals surface area contributed by atoms with Crippen LogP contribution in [0, 0.1) is 30.1 Å². The zero-order valence-corrected chi connectivity index (χ0v) is 12.3. The van der Waals surface area contributed by atoms with Crippen LogP contribution in [0.5, 0.6) is 0 Å². The highest BCUT2D eigenvalue weighted by atomic mass is 32.2. The smallest absolute Gasteiger partial charge is 0.249 e. The van der Waals surface area contributed by atoms with Crippen molar-refractivity contribution in [3.05, 3.63) is 29.3 Å². The molecule has 0 aliphatic rings. The fourth-order valence-electron chi connectivity index (χ4n) is 1.60. The third-order valence-corrected chi connectivity index (χ3v) is 4.33. The maximum absolute atomic E-state index is 12.1. The van der Waals surface area contributed by atoms with E-state index in [4.69, 9.17) is 11.0 Å². The van der Waals surface area contributed by atoms with Gasteiger partial charge >= 0.3 is 0 Å². The van der Waals surface area contributed by atoms with Gasteiger partial charge in [0.2, 0.25) is 10.0 Å². The van der Waals surface area contributed by atoms with Crippen LogP contribution in [0.3, 0.4) is 0 Å². The van der Waals surface area contributed by atoms with E-state index in [9.17, 15) is 8.42 Å². The van der Waals surface area contributed by atoms with E-state index in [1.165, 1.54) is 0 Å². The van der Waals surface area contributed by atoms with Crippen LogP contribution in [-0.4, -0.2) is 20.2 Å². The Morgan fingerprint density at radius 1 is 1.45 bits per heavy atom. The average Bonchev–Trinajstić information content (AvgIpc) is 2.38. The number of hydrogen-bond acceptors (Lipinski definition) is 4. The van der Waals surface area contributed by atoms with E-state index in [1.807, 2.05) is 13.0 Å². The summed E-state index contributed by atoms with van der Waals surface area (Å²) >= 11 is 0. The van der Waals surface area contributed by atoms with Gasteiger partial charge in [-0.25, -0.2) is 8.42 Å². The Morgan fingerprint density at radius 2 is 2.15 bits per heavy atom. The highest BCUT2D eigenvalue weighted by Crippen LogP contribution is 2.20. The number of anilines is 1. The van der Waals surface area contributed by atoms with Gasteiger partial charge in [0.1, 0.15) is 0 Å². The summed E-state index contributed by atoms with van der Waals surface area (Å²) in [5.74, 6) is 5.50. The number of rotatable bonds is 4. The van der Waals surface area contributed by atoms with Crippen LogP contribution < -0.4 is 10.5 Å². The van der Waals surface area contributed by atoms with E-state index < -0.39 is 15.3 Å². The van der Waals surface area contributed by atoms with Gasteiger partial charge in [-0.2, -0.15) is 5.26 Å². The largest absolute Gasteiger partial charge is 0.320 e. The van der Waals surface area contributed by atoms with E-state index in [2.05, 4.69) is 16.6 Å². The van der Waals surface area contributed by atoms with Gasteiger partial charge in [-0.15, -0.1) is 0 Å². The third-order valence-electron chi connectivity index (χ3n) is 2.64. The van der Waals surface area contributed by atoms with Crippen molar-refractivity contribution in [1.29, 1.82) is 5.26 Å². The Morgan fingerprint density at radius 3 is 2.70 bits per heavy atom. The lowest BCUT2D eigenvalue weighted by molar-refractivity contribution is 0.593. The summed E-state index contributed by atoms with van der Waals surface area (Å²) in [5, 5.41) is 7.81. The molecule has 1 unspecified atom stereocenters. The second-order valence-electron chi connectivity index (χ2n) is 4.23. The number of benzene rings is 1. The van der Waals surface area contributed by atoms with E-state index in [1.54, 1.807) is 25.1 Å². The Kier molecular flexibility index (Phi) is 5.57. The lowest BCUT2D eigenvalue weighted by Crippen LogP contribution is -2.26. The van der Waals surface area contributed by atoms with Gasteiger partial charge in [0.05, 0.1) is 18.3 Å². The van der Waals surface area contributed by atoms with Gasteiger partial charge in [-0.1, -0.05) is 24.8 Å². The summed E-state index contributed by atoms with van der Waals surface area (Å²) < 4.78 is 26.6. The lowest BCUT2D eigenvalue weighted by atomic mass is 10.1. The van der Waals surface area contributed by atoms with Crippen molar-refractivity contribution in [2.45, 2.75) is 25.5 Å². The first kappa shape index (κ1) is 16.0. The molecule has 0 heterocycles. The maximum atomic E-state index is 12.1. The first-order valence-corrected chi connectivity index (χ1v) is 7.70. The molecule has 3 N–H and O–H groups in total. The van der Waals surface area contributed by atoms with Gasteiger partial charge in [-0.3, -0.25) is 4.72 Å². The normalized spacial score (nSPS) is 11.9. The van der Waals surface area contributed by atoms with Crippen molar-refractivity contribution in [2.75, 3.05) is 11.3 Å². The molecular formula is C14H17N3O2S. The molecule has 106 valence electrons. The zero-order chi connectivity index (χ0) is 15.2. The molecule has 0 aliphatic heterocycles. The molecular weight excluding hydrogens is 274 g/mol. The van der Waals surface area contributed by atoms with Gasteiger partial charge in [0.25, 0.3) is 0 Å². The Labute approximate surface area is 119 Å². The summed E-state index contributed by atoms with van der Waals surface area (Å²) in [7, 11) is -3.75. The van der Waals surface area contributed by atoms with Gasteiger partial charge in [0.15, 0.2) is 5.25 Å². The third kappa shape index (κ3) is 3.99. The van der Waals surface area contributed by atoms with Crippen LogP contribution in [0.15, 0.2) is 18.2 Å². The molecule has 0 aliphatic carbocycles. The number of sulfonamides is 1. The summed E-state index contributed by atoms with van der Waals surface area (Å²) in [5.41, 5.74) is 7.13. The SMILES string of the molecule is CCC(C#N)S(=O)(=O)Nc1cc(C)ccc1C#CCN. The van der Waals surface area contributed by atoms with Crippen LogP contribution in [0.2, 0.25) is 0 Å². The van der Waals surface area contributed by atoms with Crippen LogP contribution in [0.4, 0.5) is 5.69 Å². The quantitative estimate of drug-likeness (QED) is 0.818. The van der Waals surface area contributed by atoms with Crippen LogP contribution in [-0.2, 0) is 10.0 Å². The van der Waals surface area contributed by atoms with Gasteiger partial charge in [0, 0.05) is 5.56 Å². The predicted octanol–water partition coefficient (Wildman–Crippen LogP) is 1.35. The Hall–Kier alpha value is -2.02. The van der Waals surface area contributed by atoms with E-state index in [-0.39, 0.29) is 13.0 Å². The molecule has 1 atom stereocenters. The molecule has 0 spiro atoms. The molecule has 1 aromatic carbocycles. The average molecular weight is 291 g/mol. The lowest BCUT2D eigenvalue weighted by Gasteiger charge is -2.13. The topological polar surface area (TPSA) is 96.0 Å². The molecule has 1 rings (SSSR count). The number of hydrogen-bond donors (Lipinski definition) is 2. The van der Waals surface area contributed by atoms with E-state index in [0.717, 1.165) is 5.56 Å². The van der Waals surface area contributed by atoms with Crippen LogP contribution in [0.1, 0.15) is 24.5 Å². The summed E-state index contributed by atoms with van der Waals surface area (Å²) in [4.78, 5) is 0. The summed E-state index contributed by atoms with van der Waals surface area (Å²) in [6.07, 6.45) is 0.224. The second kappa shape index (κ2) is 6.95. The molecule has 0 fully saturated rings. The van der Waals surface area contributed by atoms with Crippen molar-refractivity contribution in [1.82, 2.24) is 0 Å². The number of nitrogens with zero attached hydrogens (tertiary/aromatic N) is 1. The maximum Gasteiger partial charge on any atom is 0.249 e. The highest BCUT2D eigenvalue weighted by Gasteiger charge is 2.24. The zero-order valence-electron chi connectivity index (χ0n) is 11.5. The van der Waals surface area contributed by atoms with E-state index in [0.29, 0.717) is 11.3 Å². The fraction of sp³-hybridized carbons (Fsp3) is 0.357. The molecule has 6 heteroatoms. The van der Waals surface area contributed by atoms with Crippen molar-refractivity contribution in [2.24, 2.45) is 5.73 Å². The molecule has 0 bridgehead atoms. The van der Waals surface area contributed by atoms with E-state index >= 15 is 0 Å². The standard InChI is InChI=1S/C14H17N3O2S/c1-3-13(10-16)20(18,19)17-14-9-11(2)6-7-12(14)5-4-8-15/h6-7,9,13,17H,3,8,15H2,1-2H3. The molecule has 0 radical (unpaired) electrons. The minimum atomic E-state index is -3.75. The van der Waals surface area contributed by atoms with Crippen molar-refractivity contribution in [3.8, 4) is 17.9 Å². The molecule has 5 nitrogen and oxygen atoms in total. The van der Waals surface area contributed by atoms with Gasteiger partial charge < -0.3 is 5.73 Å². The number of aryl methyl sites for hydroxylation is 1. The van der Waals surface area contributed by atoms with Crippen LogP contribution in [0.25, 0.3) is 0 Å². The first-order chi connectivity index (χ1) is 9.44. The summed E-state index contributed by atoms with van der Waals surface area (Å²) in [6, 6.07) is 7.02. The molecule has 0 saturated heterocycles. The molecule has 1 aromatic rings.